The molecule has 0 aliphatic heterocycles. The molecule has 2 aliphatic rings. The number of Topliss-reactive ketones (excluding diaryl/α,β-unsaturated/α-hetero) is 2. The summed E-state index contributed by atoms with van der Waals surface area (Å²) in [5.41, 5.74) is 1.03. The number of ketones is 2. The lowest BCUT2D eigenvalue weighted by molar-refractivity contribution is -0.116. The molecule has 20 heavy (non-hydrogen) atoms. The van der Waals surface area contributed by atoms with Crippen molar-refractivity contribution in [2.24, 2.45) is 10.9 Å². The van der Waals surface area contributed by atoms with Crippen LogP contribution in [0.4, 0.5) is 0 Å². The summed E-state index contributed by atoms with van der Waals surface area (Å²) in [4.78, 5) is 27.3. The third-order valence-corrected chi connectivity index (χ3v) is 3.57. The van der Waals surface area contributed by atoms with Gasteiger partial charge in [0.05, 0.1) is 11.6 Å². The zero-order chi connectivity index (χ0) is 14.7. The molecule has 2 unspecified atom stereocenters. The second-order valence-electron chi connectivity index (χ2n) is 5.45. The number of hydrogen-bond donors (Lipinski definition) is 1. The monoisotopic (exact) mass is 273 g/mol. The van der Waals surface area contributed by atoms with E-state index in [1.807, 2.05) is 19.1 Å². The number of aliphatic hydroxyl groups is 1. The van der Waals surface area contributed by atoms with Crippen LogP contribution in [0.2, 0.25) is 0 Å². The Balaban J connectivity index is 2.05. The van der Waals surface area contributed by atoms with E-state index < -0.39 is 0 Å². The molecule has 0 saturated heterocycles. The Bertz CT molecular complexity index is 552. The second-order valence-corrected chi connectivity index (χ2v) is 5.45. The average molecular weight is 273 g/mol. The topological polar surface area (TPSA) is 66.7 Å². The molecule has 0 radical (unpaired) electrons. The molecule has 0 fully saturated rings. The second kappa shape index (κ2) is 5.99. The van der Waals surface area contributed by atoms with Gasteiger partial charge in [0, 0.05) is 24.6 Å². The summed E-state index contributed by atoms with van der Waals surface area (Å²) in [6.45, 7) is 3.48. The van der Waals surface area contributed by atoms with Gasteiger partial charge in [-0.25, -0.2) is 0 Å². The zero-order valence-corrected chi connectivity index (χ0v) is 11.8. The molecule has 0 amide bonds. The number of carbonyl (C=O) groups excluding carboxylic acids is 2. The standard InChI is InChI=1S/C16H19NO3/c1-10-7-15(19)14(16(20)8-10)9-17-13-5-3-12(4-6-13)11(2)18/h3-5,9-10,13,19H,6-8H2,1-2H3. The maximum absolute atomic E-state index is 11.8. The molecular weight excluding hydrogens is 254 g/mol. The molecule has 4 nitrogen and oxygen atoms in total. The Kier molecular flexibility index (Phi) is 4.32. The van der Waals surface area contributed by atoms with E-state index in [4.69, 9.17) is 0 Å². The van der Waals surface area contributed by atoms with Crippen LogP contribution < -0.4 is 0 Å². The smallest absolute Gasteiger partial charge is 0.168 e. The summed E-state index contributed by atoms with van der Waals surface area (Å²) in [7, 11) is 0. The van der Waals surface area contributed by atoms with Gasteiger partial charge in [-0.15, -0.1) is 0 Å². The maximum atomic E-state index is 11.8. The predicted octanol–water partition coefficient (Wildman–Crippen LogP) is 2.71. The highest BCUT2D eigenvalue weighted by Gasteiger charge is 2.23. The van der Waals surface area contributed by atoms with Crippen molar-refractivity contribution in [1.82, 2.24) is 0 Å². The first kappa shape index (κ1) is 14.4. The Hall–Kier alpha value is -1.97. The molecule has 0 aromatic heterocycles. The Morgan fingerprint density at radius 1 is 1.45 bits per heavy atom. The van der Waals surface area contributed by atoms with Crippen molar-refractivity contribution in [3.63, 3.8) is 0 Å². The number of allylic oxidation sites excluding steroid dienone is 4. The SMILES string of the molecule is CC(=O)C1=CCC(N=CC2=C(O)CC(C)CC2=O)C=C1. The van der Waals surface area contributed by atoms with Crippen molar-refractivity contribution in [1.29, 1.82) is 0 Å². The van der Waals surface area contributed by atoms with Gasteiger partial charge < -0.3 is 5.11 Å². The van der Waals surface area contributed by atoms with Crippen LogP contribution in [0.3, 0.4) is 0 Å². The number of hydrogen-bond acceptors (Lipinski definition) is 4. The van der Waals surface area contributed by atoms with E-state index in [9.17, 15) is 14.7 Å². The maximum Gasteiger partial charge on any atom is 0.168 e. The van der Waals surface area contributed by atoms with Crippen molar-refractivity contribution in [2.45, 2.75) is 39.2 Å². The largest absolute Gasteiger partial charge is 0.511 e. The van der Waals surface area contributed by atoms with Crippen LogP contribution >= 0.6 is 0 Å². The Morgan fingerprint density at radius 2 is 2.20 bits per heavy atom. The Morgan fingerprint density at radius 3 is 2.75 bits per heavy atom. The fourth-order valence-electron chi connectivity index (χ4n) is 2.40. The Labute approximate surface area is 118 Å². The lowest BCUT2D eigenvalue weighted by atomic mass is 9.89. The highest BCUT2D eigenvalue weighted by Crippen LogP contribution is 2.24. The first-order valence-corrected chi connectivity index (χ1v) is 6.85. The number of carbonyl (C=O) groups is 2. The van der Waals surface area contributed by atoms with Gasteiger partial charge in [-0.05, 0) is 19.3 Å². The summed E-state index contributed by atoms with van der Waals surface area (Å²) in [5, 5.41) is 9.85. The summed E-state index contributed by atoms with van der Waals surface area (Å²) in [6, 6.07) is -0.0782. The third-order valence-electron chi connectivity index (χ3n) is 3.57. The minimum atomic E-state index is -0.0782. The van der Waals surface area contributed by atoms with E-state index in [2.05, 4.69) is 4.99 Å². The van der Waals surface area contributed by atoms with Crippen LogP contribution in [0.5, 0.6) is 0 Å². The average Bonchev–Trinajstić information content (AvgIpc) is 2.38. The molecule has 0 bridgehead atoms. The molecule has 4 heteroatoms. The molecular formula is C16H19NO3. The highest BCUT2D eigenvalue weighted by atomic mass is 16.3. The van der Waals surface area contributed by atoms with Crippen LogP contribution in [-0.2, 0) is 9.59 Å². The van der Waals surface area contributed by atoms with E-state index in [1.165, 1.54) is 13.1 Å². The molecule has 0 spiro atoms. The zero-order valence-electron chi connectivity index (χ0n) is 11.8. The summed E-state index contributed by atoms with van der Waals surface area (Å²) in [6.07, 6.45) is 8.56. The van der Waals surface area contributed by atoms with Crippen molar-refractivity contribution in [3.8, 4) is 0 Å². The normalized spacial score (nSPS) is 27.1. The molecule has 106 valence electrons. The fourth-order valence-corrected chi connectivity index (χ4v) is 2.40. The number of aliphatic imine (C=N–C) groups is 1. The number of rotatable bonds is 3. The van der Waals surface area contributed by atoms with E-state index in [0.717, 1.165) is 0 Å². The van der Waals surface area contributed by atoms with Gasteiger partial charge in [0.1, 0.15) is 5.76 Å². The van der Waals surface area contributed by atoms with Crippen molar-refractivity contribution in [3.05, 3.63) is 35.1 Å². The van der Waals surface area contributed by atoms with Gasteiger partial charge in [0.2, 0.25) is 0 Å². The first-order valence-electron chi connectivity index (χ1n) is 6.85. The van der Waals surface area contributed by atoms with Crippen molar-refractivity contribution in [2.75, 3.05) is 0 Å². The number of aliphatic hydroxyl groups excluding tert-OH is 1. The van der Waals surface area contributed by atoms with Crippen molar-refractivity contribution < 1.29 is 14.7 Å². The molecule has 0 saturated carbocycles. The predicted molar refractivity (Wildman–Crippen MR) is 77.9 cm³/mol. The molecule has 0 aromatic carbocycles. The van der Waals surface area contributed by atoms with E-state index in [0.29, 0.717) is 30.4 Å². The van der Waals surface area contributed by atoms with Gasteiger partial charge in [-0.2, -0.15) is 0 Å². The van der Waals surface area contributed by atoms with E-state index >= 15 is 0 Å². The molecule has 0 aromatic rings. The molecule has 2 atom stereocenters. The van der Waals surface area contributed by atoms with Crippen LogP contribution in [0.15, 0.2) is 40.1 Å². The minimum absolute atomic E-state index is 0.0421. The van der Waals surface area contributed by atoms with E-state index in [-0.39, 0.29) is 29.3 Å². The molecule has 0 heterocycles. The summed E-state index contributed by atoms with van der Waals surface area (Å²) in [5.74, 6) is 0.317. The van der Waals surface area contributed by atoms with Gasteiger partial charge >= 0.3 is 0 Å². The molecule has 2 rings (SSSR count). The summed E-state index contributed by atoms with van der Waals surface area (Å²) < 4.78 is 0. The van der Waals surface area contributed by atoms with Crippen LogP contribution in [0, 0.1) is 5.92 Å². The van der Waals surface area contributed by atoms with Gasteiger partial charge in [0.25, 0.3) is 0 Å². The quantitative estimate of drug-likeness (QED) is 0.804. The third kappa shape index (κ3) is 3.32. The lowest BCUT2D eigenvalue weighted by Gasteiger charge is -2.18. The molecule has 2 aliphatic carbocycles. The minimum Gasteiger partial charge on any atom is -0.511 e. The fraction of sp³-hybridized carbons (Fsp3) is 0.438. The number of nitrogens with zero attached hydrogens (tertiary/aromatic N) is 1. The van der Waals surface area contributed by atoms with Gasteiger partial charge in [-0.3, -0.25) is 14.6 Å². The van der Waals surface area contributed by atoms with Crippen molar-refractivity contribution >= 4 is 17.8 Å². The first-order chi connectivity index (χ1) is 9.47. The molecule has 1 N–H and O–H groups in total. The van der Waals surface area contributed by atoms with Gasteiger partial charge in [-0.1, -0.05) is 25.2 Å². The highest BCUT2D eigenvalue weighted by molar-refractivity contribution is 6.14. The van der Waals surface area contributed by atoms with Gasteiger partial charge in [0.15, 0.2) is 11.6 Å². The lowest BCUT2D eigenvalue weighted by Crippen LogP contribution is -2.19. The van der Waals surface area contributed by atoms with Crippen LogP contribution in [0.25, 0.3) is 0 Å². The van der Waals surface area contributed by atoms with Crippen LogP contribution in [-0.4, -0.2) is 28.9 Å². The van der Waals surface area contributed by atoms with E-state index in [1.54, 1.807) is 6.08 Å². The summed E-state index contributed by atoms with van der Waals surface area (Å²) >= 11 is 0. The van der Waals surface area contributed by atoms with Crippen LogP contribution in [0.1, 0.15) is 33.1 Å².